The van der Waals surface area contributed by atoms with Crippen molar-refractivity contribution in [3.63, 3.8) is 0 Å². The average Bonchev–Trinajstić information content (AvgIpc) is 2.36. The Morgan fingerprint density at radius 1 is 1.50 bits per heavy atom. The molecule has 1 fully saturated rings. The van der Waals surface area contributed by atoms with Crippen LogP contribution in [0.2, 0.25) is 0 Å². The van der Waals surface area contributed by atoms with Crippen LogP contribution in [0.3, 0.4) is 0 Å². The van der Waals surface area contributed by atoms with Gasteiger partial charge in [0.2, 0.25) is 5.78 Å². The number of ketones is 1. The van der Waals surface area contributed by atoms with E-state index in [2.05, 4.69) is 0 Å². The second kappa shape index (κ2) is 2.79. The average molecular weight is 143 g/mol. The molecule has 56 valence electrons. The van der Waals surface area contributed by atoms with Gasteiger partial charge in [0.25, 0.3) is 5.91 Å². The molecule has 1 atom stereocenters. The van der Waals surface area contributed by atoms with E-state index in [0.29, 0.717) is 13.0 Å². The Morgan fingerprint density at radius 3 is 2.60 bits per heavy atom. The van der Waals surface area contributed by atoms with E-state index in [-0.39, 0.29) is 0 Å². The van der Waals surface area contributed by atoms with Crippen molar-refractivity contribution in [1.29, 1.82) is 0 Å². The van der Waals surface area contributed by atoms with Crippen molar-refractivity contribution >= 4 is 11.7 Å². The highest BCUT2D eigenvalue weighted by molar-refractivity contribution is 6.37. The number of Topliss-reactive ketones (excluding diaryl/α,β-unsaturated/α-hetero) is 1. The minimum absolute atomic E-state index is 0.558. The van der Waals surface area contributed by atoms with E-state index in [4.69, 9.17) is 10.5 Å². The van der Waals surface area contributed by atoms with Gasteiger partial charge in [0.15, 0.2) is 0 Å². The molecular formula is C6H9NO3. The summed E-state index contributed by atoms with van der Waals surface area (Å²) in [6, 6.07) is 0. The molecule has 0 bridgehead atoms. The SMILES string of the molecule is NC(=O)C(=O)C1CCCO1. The molecule has 1 unspecified atom stereocenters. The van der Waals surface area contributed by atoms with E-state index < -0.39 is 17.8 Å². The molecule has 0 aromatic carbocycles. The van der Waals surface area contributed by atoms with E-state index in [9.17, 15) is 9.59 Å². The molecule has 2 N–H and O–H groups in total. The van der Waals surface area contributed by atoms with Gasteiger partial charge in [-0.1, -0.05) is 0 Å². The maximum absolute atomic E-state index is 10.7. The van der Waals surface area contributed by atoms with E-state index in [0.717, 1.165) is 6.42 Å². The molecule has 0 aromatic heterocycles. The predicted molar refractivity (Wildman–Crippen MR) is 33.2 cm³/mol. The second-order valence-electron chi connectivity index (χ2n) is 2.23. The third-order valence-corrected chi connectivity index (χ3v) is 1.46. The van der Waals surface area contributed by atoms with Crippen LogP contribution in [0.4, 0.5) is 0 Å². The molecular weight excluding hydrogens is 134 g/mol. The van der Waals surface area contributed by atoms with E-state index in [1.165, 1.54) is 0 Å². The van der Waals surface area contributed by atoms with Crippen LogP contribution in [0.15, 0.2) is 0 Å². The van der Waals surface area contributed by atoms with Gasteiger partial charge in [0.05, 0.1) is 0 Å². The molecule has 0 aromatic rings. The van der Waals surface area contributed by atoms with Gasteiger partial charge in [-0.05, 0) is 12.8 Å². The standard InChI is InChI=1S/C6H9NO3/c7-6(9)5(8)4-2-1-3-10-4/h4H,1-3H2,(H2,7,9). The van der Waals surface area contributed by atoms with Crippen LogP contribution in [0.1, 0.15) is 12.8 Å². The van der Waals surface area contributed by atoms with Crippen molar-refractivity contribution < 1.29 is 14.3 Å². The molecule has 0 spiro atoms. The fourth-order valence-electron chi connectivity index (χ4n) is 0.943. The Kier molecular flexibility index (Phi) is 2.01. The summed E-state index contributed by atoms with van der Waals surface area (Å²) in [4.78, 5) is 21.0. The van der Waals surface area contributed by atoms with Gasteiger partial charge in [-0.3, -0.25) is 9.59 Å². The number of amides is 1. The molecule has 0 radical (unpaired) electrons. The normalized spacial score (nSPS) is 24.6. The molecule has 0 aliphatic carbocycles. The third-order valence-electron chi connectivity index (χ3n) is 1.46. The Bertz CT molecular complexity index is 160. The zero-order valence-corrected chi connectivity index (χ0v) is 5.50. The summed E-state index contributed by atoms with van der Waals surface area (Å²) >= 11 is 0. The lowest BCUT2D eigenvalue weighted by Gasteiger charge is -2.02. The molecule has 1 aliphatic heterocycles. The highest BCUT2D eigenvalue weighted by atomic mass is 16.5. The topological polar surface area (TPSA) is 69.4 Å². The molecule has 1 saturated heterocycles. The number of hydrogen-bond donors (Lipinski definition) is 1. The maximum atomic E-state index is 10.7. The number of primary amides is 1. The van der Waals surface area contributed by atoms with Crippen molar-refractivity contribution in [2.24, 2.45) is 5.73 Å². The van der Waals surface area contributed by atoms with E-state index >= 15 is 0 Å². The Morgan fingerprint density at radius 2 is 2.20 bits per heavy atom. The number of hydrogen-bond acceptors (Lipinski definition) is 3. The number of nitrogens with two attached hydrogens (primary N) is 1. The third kappa shape index (κ3) is 1.33. The summed E-state index contributed by atoms with van der Waals surface area (Å²) in [6.07, 6.45) is 0.906. The van der Waals surface area contributed by atoms with Crippen molar-refractivity contribution in [3.8, 4) is 0 Å². The zero-order valence-electron chi connectivity index (χ0n) is 5.50. The van der Waals surface area contributed by atoms with Crippen LogP contribution in [0.25, 0.3) is 0 Å². The first kappa shape index (κ1) is 7.21. The first-order chi connectivity index (χ1) is 4.72. The van der Waals surface area contributed by atoms with Gasteiger partial charge < -0.3 is 10.5 Å². The maximum Gasteiger partial charge on any atom is 0.287 e. The first-order valence-corrected chi connectivity index (χ1v) is 3.17. The highest BCUT2D eigenvalue weighted by Crippen LogP contribution is 2.12. The first-order valence-electron chi connectivity index (χ1n) is 3.17. The fraction of sp³-hybridized carbons (Fsp3) is 0.667. The Balaban J connectivity index is 2.48. The summed E-state index contributed by atoms with van der Waals surface area (Å²) in [7, 11) is 0. The minimum Gasteiger partial charge on any atom is -0.370 e. The molecule has 0 saturated carbocycles. The number of carbonyl (C=O) groups is 2. The van der Waals surface area contributed by atoms with Gasteiger partial charge in [-0.25, -0.2) is 0 Å². The van der Waals surface area contributed by atoms with Gasteiger partial charge in [0.1, 0.15) is 6.10 Å². The van der Waals surface area contributed by atoms with Crippen LogP contribution in [0, 0.1) is 0 Å². The number of rotatable bonds is 2. The summed E-state index contributed by atoms with van der Waals surface area (Å²) in [5.41, 5.74) is 4.75. The van der Waals surface area contributed by atoms with Gasteiger partial charge in [0, 0.05) is 6.61 Å². The van der Waals surface area contributed by atoms with Gasteiger partial charge in [-0.15, -0.1) is 0 Å². The predicted octanol–water partition coefficient (Wildman–Crippen LogP) is -0.780. The molecule has 1 heterocycles. The summed E-state index contributed by atoms with van der Waals surface area (Å²) < 4.78 is 4.93. The van der Waals surface area contributed by atoms with Crippen LogP contribution in [0.5, 0.6) is 0 Å². The largest absolute Gasteiger partial charge is 0.370 e. The van der Waals surface area contributed by atoms with Crippen molar-refractivity contribution in [2.75, 3.05) is 6.61 Å². The smallest absolute Gasteiger partial charge is 0.287 e. The lowest BCUT2D eigenvalue weighted by molar-refractivity contribution is -0.141. The quantitative estimate of drug-likeness (QED) is 0.515. The monoisotopic (exact) mass is 143 g/mol. The lowest BCUT2D eigenvalue weighted by atomic mass is 10.1. The molecule has 1 rings (SSSR count). The number of ether oxygens (including phenoxy) is 1. The minimum atomic E-state index is -0.896. The molecule has 1 amide bonds. The highest BCUT2D eigenvalue weighted by Gasteiger charge is 2.26. The van der Waals surface area contributed by atoms with Crippen LogP contribution >= 0.6 is 0 Å². The Hall–Kier alpha value is -0.900. The summed E-state index contributed by atoms with van der Waals surface area (Å²) in [6.45, 7) is 0.559. The van der Waals surface area contributed by atoms with Crippen molar-refractivity contribution in [1.82, 2.24) is 0 Å². The van der Waals surface area contributed by atoms with Gasteiger partial charge in [-0.2, -0.15) is 0 Å². The van der Waals surface area contributed by atoms with Crippen molar-refractivity contribution in [3.05, 3.63) is 0 Å². The van der Waals surface area contributed by atoms with Gasteiger partial charge >= 0.3 is 0 Å². The fourth-order valence-corrected chi connectivity index (χ4v) is 0.943. The summed E-state index contributed by atoms with van der Waals surface area (Å²) in [5.74, 6) is -1.50. The molecule has 4 nitrogen and oxygen atoms in total. The van der Waals surface area contributed by atoms with E-state index in [1.54, 1.807) is 0 Å². The summed E-state index contributed by atoms with van der Waals surface area (Å²) in [5, 5.41) is 0. The van der Waals surface area contributed by atoms with Crippen LogP contribution < -0.4 is 5.73 Å². The van der Waals surface area contributed by atoms with Crippen LogP contribution in [-0.2, 0) is 14.3 Å². The Labute approximate surface area is 58.3 Å². The molecule has 10 heavy (non-hydrogen) atoms. The lowest BCUT2D eigenvalue weighted by Crippen LogP contribution is -2.33. The number of carbonyl (C=O) groups excluding carboxylic acids is 2. The molecule has 1 aliphatic rings. The second-order valence-corrected chi connectivity index (χ2v) is 2.23. The van der Waals surface area contributed by atoms with Crippen molar-refractivity contribution in [2.45, 2.75) is 18.9 Å². The van der Waals surface area contributed by atoms with Crippen LogP contribution in [-0.4, -0.2) is 24.4 Å². The zero-order chi connectivity index (χ0) is 7.56. The van der Waals surface area contributed by atoms with E-state index in [1.807, 2.05) is 0 Å². The molecule has 4 heteroatoms.